The molecular weight excluding hydrogens is 266 g/mol. The second-order valence-electron chi connectivity index (χ2n) is 4.98. The minimum absolute atomic E-state index is 0.0141. The Hall–Kier alpha value is -2.56. The third-order valence-corrected chi connectivity index (χ3v) is 3.45. The number of benzene rings is 1. The molecule has 1 aromatic carbocycles. The van der Waals surface area contributed by atoms with Crippen molar-refractivity contribution in [2.24, 2.45) is 10.9 Å². The van der Waals surface area contributed by atoms with E-state index in [1.54, 1.807) is 12.3 Å². The lowest BCUT2D eigenvalue weighted by molar-refractivity contribution is 0.301. The molecule has 0 saturated carbocycles. The molecule has 1 heterocycles. The number of rotatable bonds is 4. The standard InChI is InChI=1S/C16H19N3O2/c1-10-4-5-11(2)15(12(10)3)21-9-13-6-7-18-14(8-13)16(17)19-20/h4-8,20H,9H2,1-3H3,(H2,17,19). The summed E-state index contributed by atoms with van der Waals surface area (Å²) < 4.78 is 5.93. The quantitative estimate of drug-likeness (QED) is 0.392. The number of nitrogens with two attached hydrogens (primary N) is 1. The third kappa shape index (κ3) is 3.31. The fourth-order valence-electron chi connectivity index (χ4n) is 2.06. The number of hydrogen-bond acceptors (Lipinski definition) is 4. The molecule has 0 aliphatic rings. The first-order valence-corrected chi connectivity index (χ1v) is 6.65. The van der Waals surface area contributed by atoms with E-state index in [0.29, 0.717) is 12.3 Å². The lowest BCUT2D eigenvalue weighted by Gasteiger charge is -2.14. The van der Waals surface area contributed by atoms with E-state index in [-0.39, 0.29) is 5.84 Å². The molecule has 0 fully saturated rings. The van der Waals surface area contributed by atoms with Crippen LogP contribution in [0.4, 0.5) is 0 Å². The molecule has 110 valence electrons. The SMILES string of the molecule is Cc1ccc(C)c(OCc2ccnc(C(N)=NO)c2)c1C. The summed E-state index contributed by atoms with van der Waals surface area (Å²) >= 11 is 0. The van der Waals surface area contributed by atoms with Crippen LogP contribution in [0.3, 0.4) is 0 Å². The van der Waals surface area contributed by atoms with Gasteiger partial charge in [0.15, 0.2) is 5.84 Å². The third-order valence-electron chi connectivity index (χ3n) is 3.45. The summed E-state index contributed by atoms with van der Waals surface area (Å²) in [4.78, 5) is 4.04. The van der Waals surface area contributed by atoms with Crippen molar-refractivity contribution in [3.8, 4) is 5.75 Å². The molecule has 0 bridgehead atoms. The average molecular weight is 285 g/mol. The van der Waals surface area contributed by atoms with Crippen LogP contribution >= 0.6 is 0 Å². The van der Waals surface area contributed by atoms with Crippen LogP contribution in [0.2, 0.25) is 0 Å². The first-order valence-electron chi connectivity index (χ1n) is 6.65. The summed E-state index contributed by atoms with van der Waals surface area (Å²) in [5.41, 5.74) is 10.3. The molecule has 5 heteroatoms. The summed E-state index contributed by atoms with van der Waals surface area (Å²) in [6, 6.07) is 7.72. The summed E-state index contributed by atoms with van der Waals surface area (Å²) in [6.07, 6.45) is 1.61. The van der Waals surface area contributed by atoms with E-state index in [9.17, 15) is 0 Å². The monoisotopic (exact) mass is 285 g/mol. The van der Waals surface area contributed by atoms with Crippen molar-refractivity contribution < 1.29 is 9.94 Å². The maximum Gasteiger partial charge on any atom is 0.188 e. The van der Waals surface area contributed by atoms with Gasteiger partial charge in [0.1, 0.15) is 18.1 Å². The highest BCUT2D eigenvalue weighted by Gasteiger charge is 2.08. The molecule has 2 rings (SSSR count). The molecule has 3 N–H and O–H groups in total. The van der Waals surface area contributed by atoms with Crippen molar-refractivity contribution >= 4 is 5.84 Å². The molecule has 0 atom stereocenters. The molecule has 1 aromatic heterocycles. The highest BCUT2D eigenvalue weighted by Crippen LogP contribution is 2.26. The fraction of sp³-hybridized carbons (Fsp3) is 0.250. The summed E-state index contributed by atoms with van der Waals surface area (Å²) in [5, 5.41) is 11.6. The van der Waals surface area contributed by atoms with Gasteiger partial charge in [0.25, 0.3) is 0 Å². The number of nitrogens with zero attached hydrogens (tertiary/aromatic N) is 2. The van der Waals surface area contributed by atoms with Crippen LogP contribution in [-0.4, -0.2) is 16.0 Å². The van der Waals surface area contributed by atoms with Crippen molar-refractivity contribution in [3.05, 3.63) is 58.4 Å². The molecule has 0 unspecified atom stereocenters. The maximum absolute atomic E-state index is 8.68. The number of amidine groups is 1. The Kier molecular flexibility index (Phi) is 4.42. The van der Waals surface area contributed by atoms with Crippen LogP contribution in [0.1, 0.15) is 27.9 Å². The molecule has 0 aliphatic carbocycles. The predicted molar refractivity (Wildman–Crippen MR) is 81.7 cm³/mol. The van der Waals surface area contributed by atoms with E-state index in [0.717, 1.165) is 22.4 Å². The zero-order valence-electron chi connectivity index (χ0n) is 12.4. The highest BCUT2D eigenvalue weighted by atomic mass is 16.5. The summed E-state index contributed by atoms with van der Waals surface area (Å²) in [5.74, 6) is 0.886. The Morgan fingerprint density at radius 3 is 2.67 bits per heavy atom. The van der Waals surface area contributed by atoms with E-state index < -0.39 is 0 Å². The number of ether oxygens (including phenoxy) is 1. The molecule has 0 radical (unpaired) electrons. The lowest BCUT2D eigenvalue weighted by Crippen LogP contribution is -2.15. The first-order chi connectivity index (χ1) is 10.0. The van der Waals surface area contributed by atoms with Crippen LogP contribution in [0, 0.1) is 20.8 Å². The minimum atomic E-state index is -0.0141. The minimum Gasteiger partial charge on any atom is -0.488 e. The van der Waals surface area contributed by atoms with Gasteiger partial charge in [-0.25, -0.2) is 0 Å². The number of oxime groups is 1. The lowest BCUT2D eigenvalue weighted by atomic mass is 10.1. The Balaban J connectivity index is 2.19. The molecular formula is C16H19N3O2. The molecule has 0 amide bonds. The number of aromatic nitrogens is 1. The predicted octanol–water partition coefficient (Wildman–Crippen LogP) is 2.68. The van der Waals surface area contributed by atoms with Gasteiger partial charge >= 0.3 is 0 Å². The molecule has 21 heavy (non-hydrogen) atoms. The Labute approximate surface area is 124 Å². The summed E-state index contributed by atoms with van der Waals surface area (Å²) in [6.45, 7) is 6.53. The van der Waals surface area contributed by atoms with Crippen molar-refractivity contribution in [2.75, 3.05) is 0 Å². The van der Waals surface area contributed by atoms with E-state index in [1.165, 1.54) is 5.56 Å². The zero-order valence-corrected chi connectivity index (χ0v) is 12.4. The van der Waals surface area contributed by atoms with Crippen molar-refractivity contribution in [1.29, 1.82) is 0 Å². The van der Waals surface area contributed by atoms with Gasteiger partial charge in [0.05, 0.1) is 0 Å². The van der Waals surface area contributed by atoms with Crippen molar-refractivity contribution in [3.63, 3.8) is 0 Å². The molecule has 5 nitrogen and oxygen atoms in total. The number of hydrogen-bond donors (Lipinski definition) is 2. The van der Waals surface area contributed by atoms with Gasteiger partial charge in [-0.3, -0.25) is 4.98 Å². The fourth-order valence-corrected chi connectivity index (χ4v) is 2.06. The molecule has 0 spiro atoms. The average Bonchev–Trinajstić information content (AvgIpc) is 2.50. The van der Waals surface area contributed by atoms with Crippen molar-refractivity contribution in [2.45, 2.75) is 27.4 Å². The van der Waals surface area contributed by atoms with Gasteiger partial charge in [0, 0.05) is 6.20 Å². The van der Waals surface area contributed by atoms with Crippen LogP contribution in [0.5, 0.6) is 5.75 Å². The van der Waals surface area contributed by atoms with Crippen LogP contribution in [-0.2, 0) is 6.61 Å². The van der Waals surface area contributed by atoms with Gasteiger partial charge in [-0.05, 0) is 55.2 Å². The number of aryl methyl sites for hydroxylation is 2. The first kappa shape index (κ1) is 14.8. The van der Waals surface area contributed by atoms with E-state index in [4.69, 9.17) is 15.7 Å². The van der Waals surface area contributed by atoms with Crippen LogP contribution < -0.4 is 10.5 Å². The molecule has 0 saturated heterocycles. The second kappa shape index (κ2) is 6.26. The van der Waals surface area contributed by atoms with E-state index in [1.807, 2.05) is 26.0 Å². The Morgan fingerprint density at radius 1 is 1.24 bits per heavy atom. The van der Waals surface area contributed by atoms with Crippen molar-refractivity contribution in [1.82, 2.24) is 4.98 Å². The zero-order chi connectivity index (χ0) is 15.4. The Bertz CT molecular complexity index is 681. The van der Waals surface area contributed by atoms with E-state index in [2.05, 4.69) is 23.1 Å². The van der Waals surface area contributed by atoms with Gasteiger partial charge in [0.2, 0.25) is 0 Å². The normalized spacial score (nSPS) is 11.5. The number of pyridine rings is 1. The maximum atomic E-state index is 8.68. The van der Waals surface area contributed by atoms with Gasteiger partial charge < -0.3 is 15.7 Å². The van der Waals surface area contributed by atoms with Crippen LogP contribution in [0.25, 0.3) is 0 Å². The van der Waals surface area contributed by atoms with Gasteiger partial charge in [-0.1, -0.05) is 17.3 Å². The van der Waals surface area contributed by atoms with Gasteiger partial charge in [-0.2, -0.15) is 0 Å². The smallest absolute Gasteiger partial charge is 0.188 e. The topological polar surface area (TPSA) is 80.7 Å². The highest BCUT2D eigenvalue weighted by molar-refractivity contribution is 5.95. The Morgan fingerprint density at radius 2 is 1.95 bits per heavy atom. The largest absolute Gasteiger partial charge is 0.488 e. The molecule has 2 aromatic rings. The molecule has 0 aliphatic heterocycles. The second-order valence-corrected chi connectivity index (χ2v) is 4.98. The van der Waals surface area contributed by atoms with E-state index >= 15 is 0 Å². The van der Waals surface area contributed by atoms with Crippen LogP contribution in [0.15, 0.2) is 35.6 Å². The van der Waals surface area contributed by atoms with Gasteiger partial charge in [-0.15, -0.1) is 0 Å². The summed E-state index contributed by atoms with van der Waals surface area (Å²) in [7, 11) is 0.